The number of thiophene rings is 1. The normalized spacial score (nSPS) is 18.1. The van der Waals surface area contributed by atoms with Crippen molar-refractivity contribution in [3.8, 4) is 6.07 Å². The minimum absolute atomic E-state index is 0.400. The van der Waals surface area contributed by atoms with E-state index >= 15 is 0 Å². The number of aryl methyl sites for hydroxylation is 1. The number of rotatable bonds is 5. The van der Waals surface area contributed by atoms with Crippen LogP contribution in [0.25, 0.3) is 10.9 Å². The van der Waals surface area contributed by atoms with E-state index in [1.54, 1.807) is 0 Å². The van der Waals surface area contributed by atoms with Gasteiger partial charge in [-0.2, -0.15) is 5.26 Å². The molecule has 0 radical (unpaired) electrons. The van der Waals surface area contributed by atoms with Crippen LogP contribution in [0.4, 0.5) is 5.00 Å². The van der Waals surface area contributed by atoms with Crippen molar-refractivity contribution < 1.29 is 14.3 Å². The Morgan fingerprint density at radius 2 is 1.85 bits per heavy atom. The molecule has 0 saturated heterocycles. The largest absolute Gasteiger partial charge is 0.452 e. The first-order chi connectivity index (χ1) is 19.0. The number of anilines is 1. The number of nitrogens with one attached hydrogen (secondary N) is 1. The Morgan fingerprint density at radius 3 is 2.67 bits per heavy atom. The van der Waals surface area contributed by atoms with E-state index in [9.17, 15) is 14.9 Å². The Hall–Kier alpha value is -4.02. The lowest BCUT2D eigenvalue weighted by molar-refractivity contribution is -0.119. The molecule has 0 bridgehead atoms. The van der Waals surface area contributed by atoms with Gasteiger partial charge in [-0.3, -0.25) is 9.78 Å². The molecule has 4 aromatic rings. The van der Waals surface area contributed by atoms with Crippen LogP contribution in [-0.2, 0) is 35.2 Å². The average Bonchev–Trinajstić information content (AvgIpc) is 3.31. The van der Waals surface area contributed by atoms with Crippen LogP contribution >= 0.6 is 11.3 Å². The Kier molecular flexibility index (Phi) is 6.88. The van der Waals surface area contributed by atoms with Gasteiger partial charge in [0.1, 0.15) is 11.1 Å². The summed E-state index contributed by atoms with van der Waals surface area (Å²) < 4.78 is 5.56. The third-order valence-corrected chi connectivity index (χ3v) is 9.11. The standard InChI is InChI=1S/C32H29N3O3S/c1-19-11-14-27-24(15-19)30(23-9-5-6-10-26(23)34-27)32(37)38-18-29(36)35-31-25(17-33)22-13-12-21(16-28(22)39-31)20-7-3-2-4-8-20/h2-10,19,21H,11-16,18H2,1H3,(H,35,36). The number of aromatic nitrogens is 1. The first-order valence-corrected chi connectivity index (χ1v) is 14.3. The van der Waals surface area contributed by atoms with Crippen LogP contribution in [-0.4, -0.2) is 23.5 Å². The van der Waals surface area contributed by atoms with E-state index in [-0.39, 0.29) is 0 Å². The van der Waals surface area contributed by atoms with Crippen LogP contribution < -0.4 is 5.32 Å². The highest BCUT2D eigenvalue weighted by atomic mass is 32.1. The lowest BCUT2D eigenvalue weighted by atomic mass is 9.83. The maximum Gasteiger partial charge on any atom is 0.339 e. The van der Waals surface area contributed by atoms with Crippen LogP contribution in [0.15, 0.2) is 54.6 Å². The van der Waals surface area contributed by atoms with Gasteiger partial charge in [-0.1, -0.05) is 55.5 Å². The van der Waals surface area contributed by atoms with Gasteiger partial charge in [0.05, 0.1) is 16.6 Å². The summed E-state index contributed by atoms with van der Waals surface area (Å²) in [6, 6.07) is 20.3. The van der Waals surface area contributed by atoms with Crippen molar-refractivity contribution in [3.63, 3.8) is 0 Å². The molecule has 2 atom stereocenters. The number of carbonyl (C=O) groups excluding carboxylic acids is 2. The molecule has 39 heavy (non-hydrogen) atoms. The van der Waals surface area contributed by atoms with E-state index in [1.165, 1.54) is 16.9 Å². The van der Waals surface area contributed by atoms with Crippen molar-refractivity contribution in [3.05, 3.63) is 93.0 Å². The molecule has 2 aliphatic carbocycles. The molecule has 6 rings (SSSR count). The predicted molar refractivity (Wildman–Crippen MR) is 152 cm³/mol. The van der Waals surface area contributed by atoms with Crippen LogP contribution in [0.3, 0.4) is 0 Å². The number of carbonyl (C=O) groups is 2. The average molecular weight is 536 g/mol. The highest BCUT2D eigenvalue weighted by Crippen LogP contribution is 2.42. The minimum atomic E-state index is -0.509. The topological polar surface area (TPSA) is 92.1 Å². The van der Waals surface area contributed by atoms with E-state index in [0.29, 0.717) is 28.0 Å². The summed E-state index contributed by atoms with van der Waals surface area (Å²) in [6.07, 6.45) is 5.25. The second kappa shape index (κ2) is 10.6. The molecule has 0 spiro atoms. The van der Waals surface area contributed by atoms with E-state index in [4.69, 9.17) is 9.72 Å². The predicted octanol–water partition coefficient (Wildman–Crippen LogP) is 6.36. The first kappa shape index (κ1) is 25.3. The molecule has 0 fully saturated rings. The minimum Gasteiger partial charge on any atom is -0.452 e. The molecule has 2 aromatic heterocycles. The van der Waals surface area contributed by atoms with E-state index in [2.05, 4.69) is 42.6 Å². The number of para-hydroxylation sites is 1. The fraction of sp³-hybridized carbons (Fsp3) is 0.312. The van der Waals surface area contributed by atoms with Crippen molar-refractivity contribution in [1.82, 2.24) is 4.98 Å². The van der Waals surface area contributed by atoms with Crippen LogP contribution in [0.1, 0.15) is 68.9 Å². The van der Waals surface area contributed by atoms with Gasteiger partial charge in [-0.15, -0.1) is 11.3 Å². The molecule has 2 unspecified atom stereocenters. The zero-order chi connectivity index (χ0) is 26.9. The lowest BCUT2D eigenvalue weighted by Gasteiger charge is -2.24. The number of benzene rings is 2. The van der Waals surface area contributed by atoms with Crippen LogP contribution in [0, 0.1) is 17.2 Å². The van der Waals surface area contributed by atoms with Gasteiger partial charge < -0.3 is 10.1 Å². The van der Waals surface area contributed by atoms with E-state index < -0.39 is 18.5 Å². The lowest BCUT2D eigenvalue weighted by Crippen LogP contribution is -2.23. The van der Waals surface area contributed by atoms with Crippen molar-refractivity contribution >= 4 is 39.1 Å². The molecule has 2 aliphatic rings. The molecular formula is C32H29N3O3S. The summed E-state index contributed by atoms with van der Waals surface area (Å²) in [6.45, 7) is 1.76. The maximum atomic E-state index is 13.4. The summed E-state index contributed by atoms with van der Waals surface area (Å²) in [5, 5.41) is 14.0. The zero-order valence-electron chi connectivity index (χ0n) is 21.8. The van der Waals surface area contributed by atoms with E-state index in [1.807, 2.05) is 30.3 Å². The Morgan fingerprint density at radius 1 is 1.05 bits per heavy atom. The fourth-order valence-electron chi connectivity index (χ4n) is 5.96. The molecule has 2 heterocycles. The third kappa shape index (κ3) is 4.93. The van der Waals surface area contributed by atoms with Crippen LogP contribution in [0.2, 0.25) is 0 Å². The van der Waals surface area contributed by atoms with Gasteiger partial charge in [-0.05, 0) is 73.1 Å². The number of pyridine rings is 1. The zero-order valence-corrected chi connectivity index (χ0v) is 22.6. The van der Waals surface area contributed by atoms with E-state index in [0.717, 1.165) is 71.1 Å². The van der Waals surface area contributed by atoms with Gasteiger partial charge in [-0.25, -0.2) is 4.79 Å². The second-order valence-corrected chi connectivity index (χ2v) is 11.7. The van der Waals surface area contributed by atoms with Gasteiger partial charge in [0.2, 0.25) is 0 Å². The van der Waals surface area contributed by atoms with Gasteiger partial charge in [0.15, 0.2) is 6.61 Å². The third-order valence-electron chi connectivity index (χ3n) is 7.94. The van der Waals surface area contributed by atoms with Gasteiger partial charge in [0.25, 0.3) is 5.91 Å². The van der Waals surface area contributed by atoms with Crippen molar-refractivity contribution in [1.29, 1.82) is 5.26 Å². The molecule has 0 saturated carbocycles. The molecular weight excluding hydrogens is 506 g/mol. The summed E-state index contributed by atoms with van der Waals surface area (Å²) in [4.78, 5) is 32.2. The fourth-order valence-corrected chi connectivity index (χ4v) is 7.26. The quantitative estimate of drug-likeness (QED) is 0.300. The van der Waals surface area contributed by atoms with Crippen molar-refractivity contribution in [2.24, 2.45) is 5.92 Å². The van der Waals surface area contributed by atoms with Crippen molar-refractivity contribution in [2.75, 3.05) is 11.9 Å². The first-order valence-electron chi connectivity index (χ1n) is 13.5. The number of hydrogen-bond donors (Lipinski definition) is 1. The maximum absolute atomic E-state index is 13.4. The second-order valence-electron chi connectivity index (χ2n) is 10.6. The number of fused-ring (bicyclic) bond motifs is 3. The molecule has 196 valence electrons. The smallest absolute Gasteiger partial charge is 0.339 e. The molecule has 1 amide bonds. The van der Waals surface area contributed by atoms with Gasteiger partial charge >= 0.3 is 5.97 Å². The summed E-state index contributed by atoms with van der Waals surface area (Å²) in [5.74, 6) is -0.104. The summed E-state index contributed by atoms with van der Waals surface area (Å²) in [7, 11) is 0. The Bertz CT molecular complexity index is 1620. The number of esters is 1. The molecule has 0 aliphatic heterocycles. The highest BCUT2D eigenvalue weighted by Gasteiger charge is 2.29. The number of amides is 1. The van der Waals surface area contributed by atoms with Crippen LogP contribution in [0.5, 0.6) is 0 Å². The summed E-state index contributed by atoms with van der Waals surface area (Å²) in [5.41, 5.74) is 6.02. The molecule has 6 nitrogen and oxygen atoms in total. The summed E-state index contributed by atoms with van der Waals surface area (Å²) >= 11 is 1.46. The SMILES string of the molecule is CC1CCc2nc3ccccc3c(C(=O)OCC(=O)Nc3sc4c(c3C#N)CCC(c3ccccc3)C4)c2C1. The Labute approximate surface area is 231 Å². The number of ether oxygens (including phenoxy) is 1. The highest BCUT2D eigenvalue weighted by molar-refractivity contribution is 7.16. The molecule has 2 aromatic carbocycles. The van der Waals surface area contributed by atoms with Gasteiger partial charge in [0, 0.05) is 16.0 Å². The number of nitriles is 1. The number of hydrogen-bond acceptors (Lipinski definition) is 6. The van der Waals surface area contributed by atoms with Crippen molar-refractivity contribution in [2.45, 2.75) is 51.4 Å². The molecule has 7 heteroatoms. The number of nitrogens with zero attached hydrogens (tertiary/aromatic N) is 2. The molecule has 1 N–H and O–H groups in total. The monoisotopic (exact) mass is 535 g/mol. The Balaban J connectivity index is 1.18.